The van der Waals surface area contributed by atoms with Crippen LogP contribution in [0.5, 0.6) is 0 Å². The van der Waals surface area contributed by atoms with Crippen molar-refractivity contribution in [3.8, 4) is 0 Å². The van der Waals surface area contributed by atoms with Crippen LogP contribution in [0, 0.1) is 11.2 Å². The third-order valence-electron chi connectivity index (χ3n) is 5.80. The van der Waals surface area contributed by atoms with E-state index in [2.05, 4.69) is 4.98 Å². The summed E-state index contributed by atoms with van der Waals surface area (Å²) < 4.78 is 20.1. The van der Waals surface area contributed by atoms with Gasteiger partial charge < -0.3 is 19.9 Å². The zero-order chi connectivity index (χ0) is 22.0. The van der Waals surface area contributed by atoms with Crippen LogP contribution in [0.25, 0.3) is 0 Å². The van der Waals surface area contributed by atoms with Gasteiger partial charge in [0.15, 0.2) is 11.6 Å². The standard InChI is InChI=1S/C23H25FN4O3/c1-15(25)12-20(29)31-14-17-6-9-26-22(21(17)24)27-10-7-18(8-11-27)28-13-16-4-2-3-5-19(16)23(28)30/h2-6,9,18,25H,7-8,10-14H2,1H3. The van der Waals surface area contributed by atoms with Crippen LogP contribution in [0.4, 0.5) is 10.2 Å². The van der Waals surface area contributed by atoms with Crippen LogP contribution in [0.2, 0.25) is 0 Å². The molecule has 1 fully saturated rings. The number of hydrogen-bond donors (Lipinski definition) is 1. The molecule has 0 saturated carbocycles. The molecule has 0 atom stereocenters. The number of nitrogens with one attached hydrogen (secondary N) is 1. The highest BCUT2D eigenvalue weighted by atomic mass is 19.1. The van der Waals surface area contributed by atoms with Crippen molar-refractivity contribution < 1.29 is 18.7 Å². The molecule has 0 spiro atoms. The highest BCUT2D eigenvalue weighted by molar-refractivity contribution is 5.98. The topological polar surface area (TPSA) is 86.6 Å². The molecule has 2 aliphatic heterocycles. The lowest BCUT2D eigenvalue weighted by atomic mass is 10.0. The number of carbonyl (C=O) groups is 2. The number of carbonyl (C=O) groups excluding carboxylic acids is 2. The van der Waals surface area contributed by atoms with Crippen LogP contribution in [-0.2, 0) is 22.7 Å². The molecule has 4 rings (SSSR count). The van der Waals surface area contributed by atoms with Crippen LogP contribution in [0.3, 0.4) is 0 Å². The summed E-state index contributed by atoms with van der Waals surface area (Å²) in [6.45, 7) is 3.13. The summed E-state index contributed by atoms with van der Waals surface area (Å²) >= 11 is 0. The summed E-state index contributed by atoms with van der Waals surface area (Å²) in [6, 6.07) is 9.30. The lowest BCUT2D eigenvalue weighted by Gasteiger charge is -2.37. The average Bonchev–Trinajstić information content (AvgIpc) is 3.09. The number of nitrogens with zero attached hydrogens (tertiary/aromatic N) is 3. The number of anilines is 1. The van der Waals surface area contributed by atoms with Crippen molar-refractivity contribution in [1.29, 1.82) is 5.41 Å². The van der Waals surface area contributed by atoms with E-state index >= 15 is 4.39 Å². The Balaban J connectivity index is 1.37. The molecule has 1 amide bonds. The molecule has 0 bridgehead atoms. The number of ether oxygens (including phenoxy) is 1. The van der Waals surface area contributed by atoms with E-state index in [4.69, 9.17) is 10.1 Å². The molecule has 1 aromatic carbocycles. The Kier molecular flexibility index (Phi) is 5.97. The second-order valence-corrected chi connectivity index (χ2v) is 8.03. The molecular formula is C23H25FN4O3. The Hall–Kier alpha value is -3.29. The molecule has 8 heteroatoms. The molecule has 0 aliphatic carbocycles. The van der Waals surface area contributed by atoms with E-state index in [1.165, 1.54) is 19.2 Å². The molecule has 1 N–H and O–H groups in total. The van der Waals surface area contributed by atoms with Crippen LogP contribution in [0.1, 0.15) is 47.7 Å². The zero-order valence-electron chi connectivity index (χ0n) is 17.4. The number of hydrogen-bond acceptors (Lipinski definition) is 6. The summed E-state index contributed by atoms with van der Waals surface area (Å²) in [4.78, 5) is 32.4. The number of piperidine rings is 1. The lowest BCUT2D eigenvalue weighted by molar-refractivity contribution is -0.143. The van der Waals surface area contributed by atoms with Gasteiger partial charge in [0.25, 0.3) is 5.91 Å². The van der Waals surface area contributed by atoms with Gasteiger partial charge in [0.2, 0.25) is 0 Å². The van der Waals surface area contributed by atoms with E-state index in [9.17, 15) is 9.59 Å². The Bertz CT molecular complexity index is 1020. The molecule has 3 heterocycles. The van der Waals surface area contributed by atoms with Crippen molar-refractivity contribution in [2.75, 3.05) is 18.0 Å². The van der Waals surface area contributed by atoms with Crippen molar-refractivity contribution in [3.63, 3.8) is 0 Å². The predicted molar refractivity (Wildman–Crippen MR) is 114 cm³/mol. The molecule has 0 radical (unpaired) electrons. The van der Waals surface area contributed by atoms with E-state index in [1.807, 2.05) is 34.1 Å². The number of amides is 1. The van der Waals surface area contributed by atoms with Crippen molar-refractivity contribution >= 4 is 23.4 Å². The van der Waals surface area contributed by atoms with Crippen molar-refractivity contribution in [3.05, 3.63) is 59.0 Å². The normalized spacial score (nSPS) is 16.4. The predicted octanol–water partition coefficient (Wildman–Crippen LogP) is 3.32. The molecule has 0 unspecified atom stereocenters. The van der Waals surface area contributed by atoms with E-state index in [1.54, 1.807) is 0 Å². The quantitative estimate of drug-likeness (QED) is 0.568. The second kappa shape index (κ2) is 8.83. The maximum Gasteiger partial charge on any atom is 0.311 e. The number of aromatic nitrogens is 1. The molecular weight excluding hydrogens is 399 g/mol. The van der Waals surface area contributed by atoms with Gasteiger partial charge in [-0.25, -0.2) is 9.37 Å². The van der Waals surface area contributed by atoms with Gasteiger partial charge in [-0.1, -0.05) is 18.2 Å². The number of pyridine rings is 1. The Morgan fingerprint density at radius 2 is 2.00 bits per heavy atom. The minimum Gasteiger partial charge on any atom is -0.460 e. The smallest absolute Gasteiger partial charge is 0.311 e. The number of benzene rings is 1. The first kappa shape index (κ1) is 21.0. The first-order valence-electron chi connectivity index (χ1n) is 10.4. The Morgan fingerprint density at radius 1 is 1.26 bits per heavy atom. The fourth-order valence-corrected chi connectivity index (χ4v) is 4.19. The summed E-state index contributed by atoms with van der Waals surface area (Å²) in [5.41, 5.74) is 2.29. The number of esters is 1. The number of rotatable bonds is 6. The lowest BCUT2D eigenvalue weighted by Crippen LogP contribution is -2.45. The number of fused-ring (bicyclic) bond motifs is 1. The third-order valence-corrected chi connectivity index (χ3v) is 5.80. The second-order valence-electron chi connectivity index (χ2n) is 8.03. The van der Waals surface area contributed by atoms with Gasteiger partial charge in [0.05, 0.1) is 6.42 Å². The molecule has 1 saturated heterocycles. The molecule has 2 aromatic rings. The molecule has 31 heavy (non-hydrogen) atoms. The van der Waals surface area contributed by atoms with Gasteiger partial charge in [0, 0.05) is 48.7 Å². The van der Waals surface area contributed by atoms with Gasteiger partial charge in [-0.3, -0.25) is 9.59 Å². The summed E-state index contributed by atoms with van der Waals surface area (Å²) in [7, 11) is 0. The third kappa shape index (κ3) is 4.42. The average molecular weight is 424 g/mol. The minimum absolute atomic E-state index is 0.0716. The summed E-state index contributed by atoms with van der Waals surface area (Å²) in [5.74, 6) is -0.735. The van der Waals surface area contributed by atoms with E-state index in [0.29, 0.717) is 19.6 Å². The largest absolute Gasteiger partial charge is 0.460 e. The van der Waals surface area contributed by atoms with E-state index in [0.717, 1.165) is 24.0 Å². The van der Waals surface area contributed by atoms with Crippen LogP contribution in [0.15, 0.2) is 36.5 Å². The monoisotopic (exact) mass is 424 g/mol. The maximum atomic E-state index is 15.0. The fraction of sp³-hybridized carbons (Fsp3) is 0.391. The Labute approximate surface area is 180 Å². The van der Waals surface area contributed by atoms with Gasteiger partial charge in [-0.2, -0.15) is 0 Å². The summed E-state index contributed by atoms with van der Waals surface area (Å²) in [6.07, 6.45) is 2.87. The van der Waals surface area contributed by atoms with Crippen molar-refractivity contribution in [1.82, 2.24) is 9.88 Å². The first-order chi connectivity index (χ1) is 14.9. The molecule has 1 aromatic heterocycles. The van der Waals surface area contributed by atoms with Crippen molar-refractivity contribution in [2.45, 2.75) is 45.4 Å². The molecule has 2 aliphatic rings. The Morgan fingerprint density at radius 3 is 2.71 bits per heavy atom. The minimum atomic E-state index is -0.553. The van der Waals surface area contributed by atoms with Gasteiger partial charge in [-0.05, 0) is 37.5 Å². The first-order valence-corrected chi connectivity index (χ1v) is 10.4. The van der Waals surface area contributed by atoms with Crippen LogP contribution in [-0.4, -0.2) is 46.6 Å². The van der Waals surface area contributed by atoms with Crippen LogP contribution < -0.4 is 4.90 Å². The molecule has 162 valence electrons. The maximum absolute atomic E-state index is 15.0. The highest BCUT2D eigenvalue weighted by Crippen LogP contribution is 2.30. The van der Waals surface area contributed by atoms with Gasteiger partial charge in [0.1, 0.15) is 6.61 Å². The zero-order valence-corrected chi connectivity index (χ0v) is 17.4. The summed E-state index contributed by atoms with van der Waals surface area (Å²) in [5, 5.41) is 7.33. The van der Waals surface area contributed by atoms with Crippen molar-refractivity contribution in [2.24, 2.45) is 0 Å². The van der Waals surface area contributed by atoms with E-state index < -0.39 is 11.8 Å². The SMILES string of the molecule is CC(=N)CC(=O)OCc1ccnc(N2CCC(N3Cc4ccccc4C3=O)CC2)c1F. The molecule has 7 nitrogen and oxygen atoms in total. The van der Waals surface area contributed by atoms with E-state index in [-0.39, 0.29) is 42.1 Å². The fourth-order valence-electron chi connectivity index (χ4n) is 4.19. The van der Waals surface area contributed by atoms with Gasteiger partial charge in [-0.15, -0.1) is 0 Å². The van der Waals surface area contributed by atoms with Gasteiger partial charge >= 0.3 is 5.97 Å². The highest BCUT2D eigenvalue weighted by Gasteiger charge is 2.34. The number of halogens is 1. The van der Waals surface area contributed by atoms with Crippen LogP contribution >= 0.6 is 0 Å².